The number of aliphatic hydroxyl groups is 1. The van der Waals surface area contributed by atoms with Crippen LogP contribution in [0, 0.1) is 0 Å². The summed E-state index contributed by atoms with van der Waals surface area (Å²) in [7, 11) is 1.62. The van der Waals surface area contributed by atoms with Crippen molar-refractivity contribution in [2.75, 3.05) is 44.9 Å². The Bertz CT molecular complexity index is 392. The third-order valence-corrected chi connectivity index (χ3v) is 3.19. The zero-order valence-electron chi connectivity index (χ0n) is 10.6. The van der Waals surface area contributed by atoms with Gasteiger partial charge < -0.3 is 25.2 Å². The number of aliphatic hydroxyl groups excluding tert-OH is 1. The number of rotatable bonds is 4. The van der Waals surface area contributed by atoms with E-state index in [1.165, 1.54) is 0 Å². The molecule has 5 heteroatoms. The molecule has 18 heavy (non-hydrogen) atoms. The minimum atomic E-state index is -0.404. The van der Waals surface area contributed by atoms with Gasteiger partial charge in [0.1, 0.15) is 5.75 Å². The maximum Gasteiger partial charge on any atom is 0.125 e. The summed E-state index contributed by atoms with van der Waals surface area (Å²) >= 11 is 0. The molecule has 5 nitrogen and oxygen atoms in total. The van der Waals surface area contributed by atoms with Crippen LogP contribution in [0.25, 0.3) is 0 Å². The van der Waals surface area contributed by atoms with Crippen molar-refractivity contribution in [3.8, 4) is 5.75 Å². The van der Waals surface area contributed by atoms with Gasteiger partial charge in [-0.2, -0.15) is 0 Å². The summed E-state index contributed by atoms with van der Waals surface area (Å²) in [5.74, 6) is 0.723. The van der Waals surface area contributed by atoms with Crippen LogP contribution in [0.4, 0.5) is 5.69 Å². The largest absolute Gasteiger partial charge is 0.496 e. The van der Waals surface area contributed by atoms with Crippen molar-refractivity contribution in [1.82, 2.24) is 0 Å². The van der Waals surface area contributed by atoms with E-state index in [1.54, 1.807) is 7.11 Å². The molecule has 100 valence electrons. The highest BCUT2D eigenvalue weighted by Crippen LogP contribution is 2.29. The third-order valence-electron chi connectivity index (χ3n) is 3.19. The lowest BCUT2D eigenvalue weighted by Crippen LogP contribution is -2.36. The topological polar surface area (TPSA) is 68.0 Å². The minimum absolute atomic E-state index is 0.0900. The van der Waals surface area contributed by atoms with E-state index in [0.29, 0.717) is 0 Å². The molecule has 1 aliphatic rings. The number of morpholine rings is 1. The average Bonchev–Trinajstić information content (AvgIpc) is 2.46. The molecule has 0 saturated carbocycles. The quantitative estimate of drug-likeness (QED) is 0.818. The second-order valence-corrected chi connectivity index (χ2v) is 4.31. The van der Waals surface area contributed by atoms with Gasteiger partial charge >= 0.3 is 0 Å². The lowest BCUT2D eigenvalue weighted by Gasteiger charge is -2.29. The zero-order valence-corrected chi connectivity index (χ0v) is 10.6. The molecule has 0 bridgehead atoms. The van der Waals surface area contributed by atoms with E-state index >= 15 is 0 Å². The number of benzene rings is 1. The Kier molecular flexibility index (Phi) is 4.41. The van der Waals surface area contributed by atoms with Gasteiger partial charge in [-0.3, -0.25) is 0 Å². The van der Waals surface area contributed by atoms with Crippen molar-refractivity contribution in [3.05, 3.63) is 23.8 Å². The van der Waals surface area contributed by atoms with E-state index in [2.05, 4.69) is 4.90 Å². The highest BCUT2D eigenvalue weighted by Gasteiger charge is 2.16. The first kappa shape index (κ1) is 13.1. The second kappa shape index (κ2) is 6.04. The van der Waals surface area contributed by atoms with Crippen molar-refractivity contribution in [1.29, 1.82) is 0 Å². The first-order valence-electron chi connectivity index (χ1n) is 6.13. The highest BCUT2D eigenvalue weighted by molar-refractivity contribution is 5.54. The molecule has 0 radical (unpaired) electrons. The molecule has 0 spiro atoms. The smallest absolute Gasteiger partial charge is 0.125 e. The third kappa shape index (κ3) is 2.75. The van der Waals surface area contributed by atoms with Crippen LogP contribution in [0.3, 0.4) is 0 Å². The van der Waals surface area contributed by atoms with Gasteiger partial charge in [0.2, 0.25) is 0 Å². The first-order chi connectivity index (χ1) is 8.76. The van der Waals surface area contributed by atoms with Gasteiger partial charge in [-0.05, 0) is 6.07 Å². The molecule has 2 rings (SSSR count). The van der Waals surface area contributed by atoms with Gasteiger partial charge in [-0.1, -0.05) is 6.07 Å². The van der Waals surface area contributed by atoms with E-state index in [-0.39, 0.29) is 6.61 Å². The Morgan fingerprint density at radius 2 is 2.17 bits per heavy atom. The molecule has 0 amide bonds. The van der Waals surface area contributed by atoms with Crippen LogP contribution in [0.15, 0.2) is 18.2 Å². The van der Waals surface area contributed by atoms with E-state index in [1.807, 2.05) is 18.2 Å². The van der Waals surface area contributed by atoms with E-state index in [4.69, 9.17) is 20.3 Å². The number of nitrogens with zero attached hydrogens (tertiary/aromatic N) is 1. The summed E-state index contributed by atoms with van der Waals surface area (Å²) in [5, 5.41) is 9.12. The second-order valence-electron chi connectivity index (χ2n) is 4.31. The molecule has 1 aromatic carbocycles. The normalized spacial score (nSPS) is 17.6. The molecular weight excluding hydrogens is 232 g/mol. The summed E-state index contributed by atoms with van der Waals surface area (Å²) in [4.78, 5) is 2.25. The fourth-order valence-electron chi connectivity index (χ4n) is 2.12. The van der Waals surface area contributed by atoms with E-state index in [0.717, 1.165) is 43.3 Å². The molecule has 0 unspecified atom stereocenters. The summed E-state index contributed by atoms with van der Waals surface area (Å²) in [6.07, 6.45) is 0. The maximum absolute atomic E-state index is 9.12. The Morgan fingerprint density at radius 3 is 2.78 bits per heavy atom. The number of methoxy groups -OCH3 is 1. The Hall–Kier alpha value is -1.30. The van der Waals surface area contributed by atoms with E-state index in [9.17, 15) is 0 Å². The van der Waals surface area contributed by atoms with Crippen LogP contribution in [0.1, 0.15) is 11.6 Å². The highest BCUT2D eigenvalue weighted by atomic mass is 16.5. The molecule has 0 aliphatic carbocycles. The fraction of sp³-hybridized carbons (Fsp3) is 0.538. The SMILES string of the molecule is COc1cc(N2CCOCC2)ccc1[C@@H](N)CO. The Labute approximate surface area is 107 Å². The van der Waals surface area contributed by atoms with Gasteiger partial charge in [0.25, 0.3) is 0 Å². The van der Waals surface area contributed by atoms with E-state index < -0.39 is 6.04 Å². The molecular formula is C13H20N2O3. The molecule has 1 fully saturated rings. The molecule has 1 heterocycles. The minimum Gasteiger partial charge on any atom is -0.496 e. The summed E-state index contributed by atoms with van der Waals surface area (Å²) < 4.78 is 10.7. The average molecular weight is 252 g/mol. The summed E-state index contributed by atoms with van der Waals surface area (Å²) in [6.45, 7) is 3.18. The van der Waals surface area contributed by atoms with Crippen molar-refractivity contribution >= 4 is 5.69 Å². The summed E-state index contributed by atoms with van der Waals surface area (Å²) in [6, 6.07) is 5.50. The molecule has 1 aliphatic heterocycles. The van der Waals surface area contributed by atoms with Crippen LogP contribution in [-0.4, -0.2) is 45.1 Å². The van der Waals surface area contributed by atoms with Crippen LogP contribution in [0.2, 0.25) is 0 Å². The van der Waals surface area contributed by atoms with Gasteiger partial charge in [0.15, 0.2) is 0 Å². The molecule has 1 saturated heterocycles. The lowest BCUT2D eigenvalue weighted by molar-refractivity contribution is 0.122. The number of hydrogen-bond donors (Lipinski definition) is 2. The van der Waals surface area contributed by atoms with Crippen molar-refractivity contribution in [3.63, 3.8) is 0 Å². The summed E-state index contributed by atoms with van der Waals surface area (Å²) in [5.41, 5.74) is 7.77. The fourth-order valence-corrected chi connectivity index (χ4v) is 2.12. The predicted molar refractivity (Wildman–Crippen MR) is 70.0 cm³/mol. The van der Waals surface area contributed by atoms with Gasteiger partial charge in [0, 0.05) is 30.4 Å². The molecule has 0 aromatic heterocycles. The number of hydrogen-bond acceptors (Lipinski definition) is 5. The van der Waals surface area contributed by atoms with Crippen molar-refractivity contribution in [2.24, 2.45) is 5.73 Å². The van der Waals surface area contributed by atoms with Gasteiger partial charge in [-0.15, -0.1) is 0 Å². The van der Waals surface area contributed by atoms with Gasteiger partial charge in [-0.25, -0.2) is 0 Å². The number of nitrogens with two attached hydrogens (primary N) is 1. The Balaban J connectivity index is 2.23. The lowest BCUT2D eigenvalue weighted by atomic mass is 10.1. The first-order valence-corrected chi connectivity index (χ1v) is 6.13. The van der Waals surface area contributed by atoms with Crippen molar-refractivity contribution in [2.45, 2.75) is 6.04 Å². The van der Waals surface area contributed by atoms with Crippen LogP contribution in [0.5, 0.6) is 5.75 Å². The zero-order chi connectivity index (χ0) is 13.0. The monoisotopic (exact) mass is 252 g/mol. The van der Waals surface area contributed by atoms with Crippen LogP contribution >= 0.6 is 0 Å². The predicted octanol–water partition coefficient (Wildman–Crippen LogP) is 0.524. The van der Waals surface area contributed by atoms with Gasteiger partial charge in [0.05, 0.1) is 33.0 Å². The molecule has 1 aromatic rings. The molecule has 3 N–H and O–H groups in total. The van der Waals surface area contributed by atoms with Crippen molar-refractivity contribution < 1.29 is 14.6 Å². The van der Waals surface area contributed by atoms with Crippen LogP contribution in [-0.2, 0) is 4.74 Å². The Morgan fingerprint density at radius 1 is 1.44 bits per heavy atom. The number of ether oxygens (including phenoxy) is 2. The molecule has 1 atom stereocenters. The van der Waals surface area contributed by atoms with Crippen LogP contribution < -0.4 is 15.4 Å². The number of anilines is 1. The maximum atomic E-state index is 9.12. The standard InChI is InChI=1S/C13H20N2O3/c1-17-13-8-10(15-4-6-18-7-5-15)2-3-11(13)12(14)9-16/h2-3,8,12,16H,4-7,9,14H2,1H3/t12-/m0/s1.